The van der Waals surface area contributed by atoms with Gasteiger partial charge in [-0.05, 0) is 18.1 Å². The van der Waals surface area contributed by atoms with Gasteiger partial charge in [-0.2, -0.15) is 0 Å². The lowest BCUT2D eigenvalue weighted by Gasteiger charge is -2.05. The van der Waals surface area contributed by atoms with Gasteiger partial charge < -0.3 is 0 Å². The summed E-state index contributed by atoms with van der Waals surface area (Å²) in [7, 11) is 0. The van der Waals surface area contributed by atoms with Gasteiger partial charge in [-0.1, -0.05) is 43.8 Å². The molecular formula is C11H12OS. The molecular weight excluding hydrogens is 180 g/mol. The summed E-state index contributed by atoms with van der Waals surface area (Å²) >= 11 is 1.49. The second-order valence-electron chi connectivity index (χ2n) is 3.04. The Morgan fingerprint density at radius 3 is 2.38 bits per heavy atom. The van der Waals surface area contributed by atoms with Crippen LogP contribution in [0, 0.1) is 5.92 Å². The van der Waals surface area contributed by atoms with Gasteiger partial charge in [-0.25, -0.2) is 4.79 Å². The molecule has 1 aromatic carbocycles. The first-order chi connectivity index (χ1) is 6.24. The molecule has 0 radical (unpaired) electrons. The van der Waals surface area contributed by atoms with Gasteiger partial charge in [0.2, 0.25) is 0 Å². The van der Waals surface area contributed by atoms with E-state index in [2.05, 4.69) is 0 Å². The Morgan fingerprint density at radius 1 is 1.31 bits per heavy atom. The van der Waals surface area contributed by atoms with Gasteiger partial charge in [0, 0.05) is 4.90 Å². The summed E-state index contributed by atoms with van der Waals surface area (Å²) in [6.45, 7) is 3.99. The molecule has 1 rings (SSSR count). The van der Waals surface area contributed by atoms with Crippen LogP contribution < -0.4 is 0 Å². The zero-order chi connectivity index (χ0) is 9.68. The van der Waals surface area contributed by atoms with E-state index in [9.17, 15) is 4.79 Å². The van der Waals surface area contributed by atoms with E-state index < -0.39 is 0 Å². The van der Waals surface area contributed by atoms with Crippen molar-refractivity contribution >= 4 is 17.7 Å². The molecule has 1 nitrogen and oxygen atoms in total. The van der Waals surface area contributed by atoms with Crippen molar-refractivity contribution in [2.75, 3.05) is 0 Å². The SMILES string of the molecule is CC(C)C(=C=O)Sc1ccccc1. The molecule has 2 heteroatoms. The fourth-order valence-corrected chi connectivity index (χ4v) is 1.70. The van der Waals surface area contributed by atoms with Crippen LogP contribution in [-0.2, 0) is 4.79 Å². The Labute approximate surface area is 82.9 Å². The minimum atomic E-state index is 0.253. The predicted octanol–water partition coefficient (Wildman–Crippen LogP) is 3.15. The van der Waals surface area contributed by atoms with Gasteiger partial charge >= 0.3 is 0 Å². The molecule has 0 N–H and O–H groups in total. The van der Waals surface area contributed by atoms with Crippen molar-refractivity contribution in [2.24, 2.45) is 5.92 Å². The van der Waals surface area contributed by atoms with Gasteiger partial charge in [0.25, 0.3) is 0 Å². The number of thioether (sulfide) groups is 1. The van der Waals surface area contributed by atoms with Gasteiger partial charge in [-0.15, -0.1) is 0 Å². The van der Waals surface area contributed by atoms with Crippen molar-refractivity contribution in [3.05, 3.63) is 35.2 Å². The molecule has 0 saturated heterocycles. The Hall–Kier alpha value is -0.980. The van der Waals surface area contributed by atoms with Crippen LogP contribution in [0.3, 0.4) is 0 Å². The minimum absolute atomic E-state index is 0.253. The summed E-state index contributed by atoms with van der Waals surface area (Å²) in [5.74, 6) is 2.23. The predicted molar refractivity (Wildman–Crippen MR) is 56.3 cm³/mol. The monoisotopic (exact) mass is 192 g/mol. The highest BCUT2D eigenvalue weighted by Crippen LogP contribution is 2.28. The van der Waals surface area contributed by atoms with Crippen molar-refractivity contribution in [1.82, 2.24) is 0 Å². The Kier molecular flexibility index (Phi) is 3.81. The van der Waals surface area contributed by atoms with Crippen molar-refractivity contribution in [3.63, 3.8) is 0 Å². The van der Waals surface area contributed by atoms with Crippen molar-refractivity contribution < 1.29 is 4.79 Å². The quantitative estimate of drug-likeness (QED) is 0.540. The Morgan fingerprint density at radius 2 is 1.92 bits per heavy atom. The van der Waals surface area contributed by atoms with Crippen LogP contribution in [0.15, 0.2) is 40.1 Å². The number of carbonyl (C=O) groups excluding carboxylic acids is 1. The van der Waals surface area contributed by atoms with Crippen molar-refractivity contribution in [3.8, 4) is 0 Å². The molecule has 0 aromatic heterocycles. The first-order valence-corrected chi connectivity index (χ1v) is 5.03. The summed E-state index contributed by atoms with van der Waals surface area (Å²) in [5.41, 5.74) is 0. The number of benzene rings is 1. The summed E-state index contributed by atoms with van der Waals surface area (Å²) in [4.78, 5) is 12.4. The molecule has 0 aliphatic carbocycles. The van der Waals surface area contributed by atoms with Crippen molar-refractivity contribution in [2.45, 2.75) is 18.7 Å². The van der Waals surface area contributed by atoms with E-state index in [4.69, 9.17) is 0 Å². The molecule has 0 atom stereocenters. The second kappa shape index (κ2) is 4.90. The maximum Gasteiger partial charge on any atom is 0.135 e. The van der Waals surface area contributed by atoms with Crippen molar-refractivity contribution in [1.29, 1.82) is 0 Å². The highest BCUT2D eigenvalue weighted by atomic mass is 32.2. The molecule has 1 aromatic rings. The van der Waals surface area contributed by atoms with Gasteiger partial charge in [0.1, 0.15) is 5.94 Å². The second-order valence-corrected chi connectivity index (χ2v) is 4.15. The largest absolute Gasteiger partial charge is 0.233 e. The smallest absolute Gasteiger partial charge is 0.135 e. The fraction of sp³-hybridized carbons (Fsp3) is 0.273. The summed E-state index contributed by atoms with van der Waals surface area (Å²) in [6, 6.07) is 9.87. The molecule has 0 fully saturated rings. The molecule has 0 amide bonds. The van der Waals surface area contributed by atoms with Crippen LogP contribution in [0.25, 0.3) is 0 Å². The lowest BCUT2D eigenvalue weighted by molar-refractivity contribution is 0.566. The zero-order valence-corrected chi connectivity index (χ0v) is 8.60. The molecule has 0 unspecified atom stereocenters. The van der Waals surface area contributed by atoms with Crippen LogP contribution >= 0.6 is 11.8 Å². The number of rotatable bonds is 3. The Bertz CT molecular complexity index is 310. The maximum atomic E-state index is 10.6. The zero-order valence-electron chi connectivity index (χ0n) is 7.78. The van der Waals surface area contributed by atoms with Gasteiger partial charge in [0.05, 0.1) is 4.91 Å². The topological polar surface area (TPSA) is 17.1 Å². The van der Waals surface area contributed by atoms with Gasteiger partial charge in [0.15, 0.2) is 0 Å². The number of hydrogen-bond donors (Lipinski definition) is 0. The summed E-state index contributed by atoms with van der Waals surface area (Å²) in [5, 5.41) is 0. The lowest BCUT2D eigenvalue weighted by atomic mass is 10.2. The molecule has 0 aliphatic heterocycles. The third-order valence-electron chi connectivity index (χ3n) is 1.60. The first-order valence-electron chi connectivity index (χ1n) is 4.22. The standard InChI is InChI=1S/C11H12OS/c1-9(2)11(8-12)13-10-6-4-3-5-7-10/h3-7,9H,1-2H3. The molecule has 0 bridgehead atoms. The lowest BCUT2D eigenvalue weighted by Crippen LogP contribution is -1.89. The third-order valence-corrected chi connectivity index (χ3v) is 2.88. The summed E-state index contributed by atoms with van der Waals surface area (Å²) < 4.78 is 0. The molecule has 0 saturated carbocycles. The average molecular weight is 192 g/mol. The first kappa shape index (κ1) is 10.1. The van der Waals surface area contributed by atoms with E-state index in [1.807, 2.05) is 50.1 Å². The normalized spacial score (nSPS) is 9.77. The summed E-state index contributed by atoms with van der Waals surface area (Å²) in [6.07, 6.45) is 0. The third kappa shape index (κ3) is 3.10. The van der Waals surface area contributed by atoms with E-state index in [1.54, 1.807) is 0 Å². The molecule has 0 heterocycles. The molecule has 0 spiro atoms. The van der Waals surface area contributed by atoms with E-state index in [0.29, 0.717) is 0 Å². The maximum absolute atomic E-state index is 10.6. The van der Waals surface area contributed by atoms with Crippen LogP contribution in [0.2, 0.25) is 0 Å². The molecule has 13 heavy (non-hydrogen) atoms. The van der Waals surface area contributed by atoms with E-state index >= 15 is 0 Å². The van der Waals surface area contributed by atoms with Crippen LogP contribution in [0.1, 0.15) is 13.8 Å². The molecule has 68 valence electrons. The minimum Gasteiger partial charge on any atom is -0.233 e. The van der Waals surface area contributed by atoms with E-state index in [1.165, 1.54) is 11.8 Å². The molecule has 0 aliphatic rings. The van der Waals surface area contributed by atoms with E-state index in [0.717, 1.165) is 9.80 Å². The number of allylic oxidation sites excluding steroid dienone is 1. The fourth-order valence-electron chi connectivity index (χ4n) is 0.872. The van der Waals surface area contributed by atoms with Crippen LogP contribution in [0.4, 0.5) is 0 Å². The highest BCUT2D eigenvalue weighted by Gasteiger charge is 2.05. The Balaban J connectivity index is 2.75. The van der Waals surface area contributed by atoms with Crippen LogP contribution in [-0.4, -0.2) is 5.94 Å². The van der Waals surface area contributed by atoms with Crippen LogP contribution in [0.5, 0.6) is 0 Å². The van der Waals surface area contributed by atoms with E-state index in [-0.39, 0.29) is 5.92 Å². The highest BCUT2D eigenvalue weighted by molar-refractivity contribution is 8.03. The van der Waals surface area contributed by atoms with Gasteiger partial charge in [-0.3, -0.25) is 0 Å². The number of hydrogen-bond acceptors (Lipinski definition) is 2. The average Bonchev–Trinajstić information content (AvgIpc) is 2.15.